The van der Waals surface area contributed by atoms with Crippen molar-refractivity contribution in [3.05, 3.63) is 77.6 Å². The second-order valence-corrected chi connectivity index (χ2v) is 6.11. The Bertz CT molecular complexity index is 781. The van der Waals surface area contributed by atoms with E-state index in [-0.39, 0.29) is 5.91 Å². The first-order valence-electron chi connectivity index (χ1n) is 8.00. The fourth-order valence-electron chi connectivity index (χ4n) is 3.86. The van der Waals surface area contributed by atoms with Crippen molar-refractivity contribution in [3.8, 4) is 0 Å². The SMILES string of the molecule is CN1C(=O)C(C2=COCCC2)(c2ccccc2)c2ccccc21. The number of anilines is 1. The molecule has 0 saturated carbocycles. The highest BCUT2D eigenvalue weighted by atomic mass is 16.5. The van der Waals surface area contributed by atoms with Crippen LogP contribution in [0.2, 0.25) is 0 Å². The zero-order valence-corrected chi connectivity index (χ0v) is 13.2. The molecule has 0 aromatic heterocycles. The Kier molecular flexibility index (Phi) is 3.22. The van der Waals surface area contributed by atoms with Crippen molar-refractivity contribution in [2.75, 3.05) is 18.6 Å². The van der Waals surface area contributed by atoms with Crippen molar-refractivity contribution in [2.24, 2.45) is 0 Å². The summed E-state index contributed by atoms with van der Waals surface area (Å²) in [7, 11) is 1.86. The maximum Gasteiger partial charge on any atom is 0.246 e. The number of para-hydroxylation sites is 1. The Labute approximate surface area is 136 Å². The van der Waals surface area contributed by atoms with Gasteiger partial charge in [0, 0.05) is 18.3 Å². The third kappa shape index (κ3) is 1.86. The first-order chi connectivity index (χ1) is 11.3. The average molecular weight is 305 g/mol. The first-order valence-corrected chi connectivity index (χ1v) is 8.00. The highest BCUT2D eigenvalue weighted by molar-refractivity contribution is 6.12. The van der Waals surface area contributed by atoms with Gasteiger partial charge in [-0.05, 0) is 30.0 Å². The normalized spacial score (nSPS) is 23.3. The monoisotopic (exact) mass is 305 g/mol. The van der Waals surface area contributed by atoms with E-state index in [9.17, 15) is 4.79 Å². The van der Waals surface area contributed by atoms with Gasteiger partial charge in [-0.1, -0.05) is 48.5 Å². The van der Waals surface area contributed by atoms with Crippen LogP contribution in [0.3, 0.4) is 0 Å². The predicted octanol–water partition coefficient (Wildman–Crippen LogP) is 3.64. The van der Waals surface area contributed by atoms with Gasteiger partial charge in [-0.25, -0.2) is 0 Å². The topological polar surface area (TPSA) is 29.5 Å². The molecule has 2 heterocycles. The molecule has 3 nitrogen and oxygen atoms in total. The van der Waals surface area contributed by atoms with Crippen molar-refractivity contribution in [1.82, 2.24) is 0 Å². The van der Waals surface area contributed by atoms with Crippen LogP contribution in [-0.2, 0) is 14.9 Å². The Morgan fingerprint density at radius 1 is 1.04 bits per heavy atom. The van der Waals surface area contributed by atoms with E-state index in [4.69, 9.17) is 4.74 Å². The lowest BCUT2D eigenvalue weighted by molar-refractivity contribution is -0.120. The molecule has 0 aliphatic carbocycles. The van der Waals surface area contributed by atoms with E-state index in [2.05, 4.69) is 6.07 Å². The minimum Gasteiger partial charge on any atom is -0.501 e. The summed E-state index contributed by atoms with van der Waals surface area (Å²) in [6.07, 6.45) is 3.63. The van der Waals surface area contributed by atoms with Gasteiger partial charge in [0.15, 0.2) is 0 Å². The van der Waals surface area contributed by atoms with Gasteiger partial charge in [0.2, 0.25) is 5.91 Å². The molecule has 0 N–H and O–H groups in total. The molecule has 2 aromatic rings. The molecule has 3 heteroatoms. The van der Waals surface area contributed by atoms with Crippen LogP contribution in [-0.4, -0.2) is 19.6 Å². The van der Waals surface area contributed by atoms with Gasteiger partial charge in [-0.3, -0.25) is 4.79 Å². The smallest absolute Gasteiger partial charge is 0.246 e. The Morgan fingerprint density at radius 3 is 2.52 bits per heavy atom. The Morgan fingerprint density at radius 2 is 1.78 bits per heavy atom. The second kappa shape index (κ2) is 5.27. The molecule has 1 amide bonds. The molecule has 23 heavy (non-hydrogen) atoms. The standard InChI is InChI=1S/C20H19NO2/c1-21-18-12-6-5-11-17(18)20(19(21)22,15-8-3-2-4-9-15)16-10-7-13-23-14-16/h2-6,8-9,11-12,14H,7,10,13H2,1H3. The van der Waals surface area contributed by atoms with Crippen LogP contribution < -0.4 is 4.90 Å². The number of likely N-dealkylation sites (N-methyl/N-ethyl adjacent to an activating group) is 1. The minimum absolute atomic E-state index is 0.0988. The zero-order valence-electron chi connectivity index (χ0n) is 13.2. The molecular weight excluding hydrogens is 286 g/mol. The predicted molar refractivity (Wildman–Crippen MR) is 90.3 cm³/mol. The maximum atomic E-state index is 13.4. The van der Waals surface area contributed by atoms with Crippen molar-refractivity contribution in [2.45, 2.75) is 18.3 Å². The van der Waals surface area contributed by atoms with Gasteiger partial charge in [-0.2, -0.15) is 0 Å². The third-order valence-electron chi connectivity index (χ3n) is 4.92. The van der Waals surface area contributed by atoms with E-state index in [0.717, 1.165) is 41.8 Å². The van der Waals surface area contributed by atoms with Crippen molar-refractivity contribution in [1.29, 1.82) is 0 Å². The molecule has 116 valence electrons. The van der Waals surface area contributed by atoms with Gasteiger partial charge < -0.3 is 9.64 Å². The van der Waals surface area contributed by atoms with Crippen LogP contribution in [0.5, 0.6) is 0 Å². The lowest BCUT2D eigenvalue weighted by atomic mass is 9.68. The highest BCUT2D eigenvalue weighted by Crippen LogP contribution is 2.51. The summed E-state index contributed by atoms with van der Waals surface area (Å²) in [5, 5.41) is 0. The highest BCUT2D eigenvalue weighted by Gasteiger charge is 2.53. The van der Waals surface area contributed by atoms with Gasteiger partial charge in [-0.15, -0.1) is 0 Å². The van der Waals surface area contributed by atoms with E-state index in [0.29, 0.717) is 0 Å². The number of amides is 1. The van der Waals surface area contributed by atoms with Crippen LogP contribution >= 0.6 is 0 Å². The van der Waals surface area contributed by atoms with Crippen molar-refractivity contribution in [3.63, 3.8) is 0 Å². The van der Waals surface area contributed by atoms with E-state index < -0.39 is 5.41 Å². The maximum absolute atomic E-state index is 13.4. The van der Waals surface area contributed by atoms with Crippen LogP contribution in [0, 0.1) is 0 Å². The number of benzene rings is 2. The van der Waals surface area contributed by atoms with Gasteiger partial charge in [0.1, 0.15) is 5.41 Å². The Balaban J connectivity index is 2.05. The number of fused-ring (bicyclic) bond motifs is 1. The average Bonchev–Trinajstić information content (AvgIpc) is 2.86. The van der Waals surface area contributed by atoms with Gasteiger partial charge >= 0.3 is 0 Å². The molecule has 2 aromatic carbocycles. The Hall–Kier alpha value is -2.55. The van der Waals surface area contributed by atoms with Crippen molar-refractivity contribution >= 4 is 11.6 Å². The summed E-state index contributed by atoms with van der Waals surface area (Å²) < 4.78 is 5.61. The lowest BCUT2D eigenvalue weighted by Gasteiger charge is -2.33. The van der Waals surface area contributed by atoms with E-state index in [1.165, 1.54) is 0 Å². The number of hydrogen-bond acceptors (Lipinski definition) is 2. The van der Waals surface area contributed by atoms with Crippen molar-refractivity contribution < 1.29 is 9.53 Å². The molecular formula is C20H19NO2. The molecule has 1 atom stereocenters. The fourth-order valence-corrected chi connectivity index (χ4v) is 3.86. The summed E-state index contributed by atoms with van der Waals surface area (Å²) >= 11 is 0. The first kappa shape index (κ1) is 14.1. The summed E-state index contributed by atoms with van der Waals surface area (Å²) in [5.74, 6) is 0.0988. The molecule has 1 unspecified atom stereocenters. The van der Waals surface area contributed by atoms with E-state index in [1.54, 1.807) is 4.90 Å². The molecule has 0 radical (unpaired) electrons. The number of hydrogen-bond donors (Lipinski definition) is 0. The molecule has 0 spiro atoms. The van der Waals surface area contributed by atoms with E-state index in [1.807, 2.05) is 61.8 Å². The number of nitrogens with zero attached hydrogens (tertiary/aromatic N) is 1. The van der Waals surface area contributed by atoms with Gasteiger partial charge in [0.05, 0.1) is 12.9 Å². The number of ether oxygens (including phenoxy) is 1. The largest absolute Gasteiger partial charge is 0.501 e. The fraction of sp³-hybridized carbons (Fsp3) is 0.250. The molecule has 4 rings (SSSR count). The van der Waals surface area contributed by atoms with Crippen LogP contribution in [0.1, 0.15) is 24.0 Å². The summed E-state index contributed by atoms with van der Waals surface area (Å²) in [6.45, 7) is 0.722. The third-order valence-corrected chi connectivity index (χ3v) is 4.92. The molecule has 0 fully saturated rings. The van der Waals surface area contributed by atoms with Gasteiger partial charge in [0.25, 0.3) is 0 Å². The second-order valence-electron chi connectivity index (χ2n) is 6.11. The quantitative estimate of drug-likeness (QED) is 0.847. The molecule has 2 aliphatic heterocycles. The lowest BCUT2D eigenvalue weighted by Crippen LogP contribution is -2.42. The number of carbonyl (C=O) groups excluding carboxylic acids is 1. The van der Waals surface area contributed by atoms with E-state index >= 15 is 0 Å². The number of carbonyl (C=O) groups is 1. The molecule has 0 bridgehead atoms. The summed E-state index contributed by atoms with van der Waals surface area (Å²) in [6, 6.07) is 18.1. The number of rotatable bonds is 2. The van der Waals surface area contributed by atoms with Crippen LogP contribution in [0.4, 0.5) is 5.69 Å². The summed E-state index contributed by atoms with van der Waals surface area (Å²) in [5.41, 5.74) is 3.34. The van der Waals surface area contributed by atoms with Crippen LogP contribution in [0.25, 0.3) is 0 Å². The molecule has 0 saturated heterocycles. The zero-order chi connectivity index (χ0) is 15.9. The molecule has 2 aliphatic rings. The minimum atomic E-state index is -0.757. The van der Waals surface area contributed by atoms with Crippen LogP contribution in [0.15, 0.2) is 66.4 Å². The summed E-state index contributed by atoms with van der Waals surface area (Å²) in [4.78, 5) is 15.2.